The average Bonchev–Trinajstić information content (AvgIpc) is 2.88. The van der Waals surface area contributed by atoms with E-state index in [9.17, 15) is 9.59 Å². The fourth-order valence-corrected chi connectivity index (χ4v) is 1.49. The molecule has 1 radical (unpaired) electrons. The van der Waals surface area contributed by atoms with E-state index in [1.807, 2.05) is 0 Å². The number of aromatic nitrogens is 1. The molecule has 0 aliphatic heterocycles. The van der Waals surface area contributed by atoms with Crippen molar-refractivity contribution >= 4 is 17.4 Å². The fraction of sp³-hybridized carbons (Fsp3) is 0. The van der Waals surface area contributed by atoms with Gasteiger partial charge in [-0.2, -0.15) is 30.4 Å². The van der Waals surface area contributed by atoms with Crippen LogP contribution in [0.3, 0.4) is 0 Å². The third-order valence-corrected chi connectivity index (χ3v) is 2.47. The van der Waals surface area contributed by atoms with Crippen molar-refractivity contribution in [2.24, 2.45) is 0 Å². The molecule has 3 aromatic rings. The van der Waals surface area contributed by atoms with Crippen LogP contribution >= 0.6 is 0 Å². The molecule has 0 spiro atoms. The van der Waals surface area contributed by atoms with Crippen molar-refractivity contribution in [2.45, 2.75) is 0 Å². The van der Waals surface area contributed by atoms with Gasteiger partial charge in [-0.15, -0.1) is 12.1 Å². The monoisotopic (exact) mass is 605 g/mol. The van der Waals surface area contributed by atoms with E-state index >= 15 is 0 Å². The summed E-state index contributed by atoms with van der Waals surface area (Å²) in [6.45, 7) is 3.46. The molecular weight excluding hydrogens is 595 g/mol. The van der Waals surface area contributed by atoms with Crippen molar-refractivity contribution in [1.29, 1.82) is 0 Å². The molecule has 0 atom stereocenters. The quantitative estimate of drug-likeness (QED) is 0.361. The van der Waals surface area contributed by atoms with Gasteiger partial charge in [0.1, 0.15) is 0 Å². The van der Waals surface area contributed by atoms with Gasteiger partial charge in [0.15, 0.2) is 0 Å². The van der Waals surface area contributed by atoms with Gasteiger partial charge in [-0.05, 0) is 5.52 Å². The van der Waals surface area contributed by atoms with Gasteiger partial charge in [0.25, 0.3) is 0 Å². The van der Waals surface area contributed by atoms with Crippen LogP contribution in [0.1, 0.15) is 11.1 Å². The summed E-state index contributed by atoms with van der Waals surface area (Å²) in [7, 11) is 0. The van der Waals surface area contributed by atoms with Gasteiger partial charge >= 0.3 is 36.9 Å². The van der Waals surface area contributed by atoms with E-state index in [-0.39, 0.29) is 50.6 Å². The fourth-order valence-electron chi connectivity index (χ4n) is 1.49. The Morgan fingerprint density at radius 2 is 1.77 bits per heavy atom. The zero-order chi connectivity index (χ0) is 14.4. The number of nitrogens with one attached hydrogen (secondary N) is 1. The van der Waals surface area contributed by atoms with Crippen LogP contribution in [0, 0.1) is 43.3 Å². The summed E-state index contributed by atoms with van der Waals surface area (Å²) < 4.78 is 4.73. The van der Waals surface area contributed by atoms with Crippen LogP contribution in [0.4, 0.5) is 0 Å². The number of oxazole rings is 1. The Labute approximate surface area is 164 Å². The van der Waals surface area contributed by atoms with E-state index in [0.29, 0.717) is 16.7 Å². The molecule has 0 amide bonds. The Morgan fingerprint density at radius 1 is 1.14 bits per heavy atom. The number of benzene rings is 2. The number of hydrogen-bond donors (Lipinski definition) is 1. The van der Waals surface area contributed by atoms with Gasteiger partial charge in [-0.25, -0.2) is 34.6 Å². The van der Waals surface area contributed by atoms with E-state index in [4.69, 9.17) is 4.42 Å². The summed E-state index contributed by atoms with van der Waals surface area (Å²) in [6.07, 6.45) is 4.48. The molecule has 0 unspecified atom stereocenters. The van der Waals surface area contributed by atoms with Gasteiger partial charge in [-0.3, -0.25) is 0 Å². The summed E-state index contributed by atoms with van der Waals surface area (Å²) in [4.78, 5) is 23.1. The van der Waals surface area contributed by atoms with Gasteiger partial charge in [0.2, 0.25) is 0 Å². The second-order valence-electron chi connectivity index (χ2n) is 3.79. The van der Waals surface area contributed by atoms with Crippen molar-refractivity contribution in [2.75, 3.05) is 0 Å². The molecule has 1 N–H and O–H groups in total. The SMILES string of the molecule is C=[C-]c1ccc([C-]=O)cc1.O=c1[nH]c2cc[c-]cc2o1.[Rh].[U+2]. The molecule has 3 rings (SSSR count). The predicted octanol–water partition coefficient (Wildman–Crippen LogP) is 2.40. The van der Waals surface area contributed by atoms with E-state index in [0.717, 1.165) is 5.56 Å². The second kappa shape index (κ2) is 10.5. The molecule has 6 heteroatoms. The third kappa shape index (κ3) is 5.89. The molecule has 22 heavy (non-hydrogen) atoms. The number of rotatable bonds is 2. The number of hydrogen-bond acceptors (Lipinski definition) is 3. The Morgan fingerprint density at radius 3 is 2.32 bits per heavy atom. The molecule has 0 saturated heterocycles. The molecular formula is C16H10NO3RhU-. The summed E-state index contributed by atoms with van der Waals surface area (Å²) >= 11 is 0. The second-order valence-corrected chi connectivity index (χ2v) is 3.79. The molecule has 0 fully saturated rings. The molecule has 1 aromatic heterocycles. The van der Waals surface area contributed by atoms with Crippen LogP contribution < -0.4 is 5.76 Å². The molecule has 0 aliphatic carbocycles. The topological polar surface area (TPSA) is 63.1 Å². The van der Waals surface area contributed by atoms with E-state index in [1.165, 1.54) is 0 Å². The summed E-state index contributed by atoms with van der Waals surface area (Å²) in [5.41, 5.74) is 2.70. The maximum absolute atomic E-state index is 10.6. The van der Waals surface area contributed by atoms with Gasteiger partial charge in [-0.1, -0.05) is 0 Å². The van der Waals surface area contributed by atoms with Gasteiger partial charge < -0.3 is 14.2 Å². The molecule has 0 aliphatic rings. The minimum absolute atomic E-state index is 0. The predicted molar refractivity (Wildman–Crippen MR) is 74.9 cm³/mol. The Bertz CT molecular complexity index is 715. The van der Waals surface area contributed by atoms with Crippen LogP contribution in [0.2, 0.25) is 0 Å². The van der Waals surface area contributed by atoms with E-state index in [1.54, 1.807) is 48.8 Å². The van der Waals surface area contributed by atoms with Crippen molar-refractivity contribution in [3.05, 3.63) is 82.9 Å². The van der Waals surface area contributed by atoms with Crippen LogP contribution in [0.5, 0.6) is 0 Å². The van der Waals surface area contributed by atoms with Crippen LogP contribution in [0.25, 0.3) is 11.1 Å². The molecule has 4 nitrogen and oxygen atoms in total. The summed E-state index contributed by atoms with van der Waals surface area (Å²) in [6, 6.07) is 14.8. The first-order valence-electron chi connectivity index (χ1n) is 5.73. The van der Waals surface area contributed by atoms with Gasteiger partial charge in [0, 0.05) is 25.1 Å². The van der Waals surface area contributed by atoms with Gasteiger partial charge in [0.05, 0.1) is 6.29 Å². The van der Waals surface area contributed by atoms with E-state index < -0.39 is 5.76 Å². The number of fused-ring (bicyclic) bond motifs is 1. The zero-order valence-electron chi connectivity index (χ0n) is 11.3. The smallest absolute Gasteiger partial charge is 0.472 e. The number of H-pyrrole nitrogens is 1. The van der Waals surface area contributed by atoms with Crippen molar-refractivity contribution in [3.63, 3.8) is 0 Å². The molecule has 0 bridgehead atoms. The number of carbonyl (C=O) groups excluding carboxylic acids is 1. The maximum atomic E-state index is 10.6. The Kier molecular flexibility index (Phi) is 9.93. The largest absolute Gasteiger partial charge is 2.00 e. The molecule has 0 saturated carbocycles. The zero-order valence-corrected chi connectivity index (χ0v) is 17.1. The first kappa shape index (κ1) is 20.8. The maximum Gasteiger partial charge on any atom is 2.00 e. The van der Waals surface area contributed by atoms with Crippen LogP contribution in [-0.2, 0) is 24.3 Å². The first-order chi connectivity index (χ1) is 9.72. The minimum Gasteiger partial charge on any atom is -0.472 e. The van der Waals surface area contributed by atoms with Crippen molar-refractivity contribution in [3.8, 4) is 0 Å². The third-order valence-electron chi connectivity index (χ3n) is 2.47. The normalized spacial score (nSPS) is 8.73. The van der Waals surface area contributed by atoms with Crippen molar-refractivity contribution in [1.82, 2.24) is 4.98 Å². The van der Waals surface area contributed by atoms with E-state index in [2.05, 4.69) is 23.7 Å². The molecule has 111 valence electrons. The molecule has 1 heterocycles. The first-order valence-corrected chi connectivity index (χ1v) is 5.73. The minimum atomic E-state index is -0.422. The van der Waals surface area contributed by atoms with Crippen molar-refractivity contribution < 1.29 is 59.8 Å². The average molecular weight is 605 g/mol. The molecule has 2 aromatic carbocycles. The summed E-state index contributed by atoms with van der Waals surface area (Å²) in [5, 5.41) is 0. The summed E-state index contributed by atoms with van der Waals surface area (Å²) in [5.74, 6) is -0.422. The Balaban J connectivity index is 0.000000367. The van der Waals surface area contributed by atoms with Crippen LogP contribution in [0.15, 0.2) is 58.3 Å². The number of aromatic amines is 1. The van der Waals surface area contributed by atoms with Crippen LogP contribution in [-0.4, -0.2) is 11.3 Å². The Hall–Kier alpha value is -1.20. The standard InChI is InChI=1S/C9H6O.C7H4NO2.Rh.U/c1-2-8-3-5-9(7-10)6-4-8;9-7-8-5-3-1-2-4-6(5)10-7;;/h3-6H,1H2;1,3-4H,(H,8,9);;/q-2;-1;;+2.